The molecule has 0 aliphatic rings. The monoisotopic (exact) mass is 462 g/mol. The number of hydrogen-bond donors (Lipinski definition) is 1. The molecule has 168 valence electrons. The van der Waals surface area contributed by atoms with Gasteiger partial charge in [0.15, 0.2) is 0 Å². The second-order valence-electron chi connectivity index (χ2n) is 7.58. The molecular weight excluding hydrogens is 432 g/mol. The normalized spacial score (nSPS) is 11.8. The van der Waals surface area contributed by atoms with E-state index in [1.54, 1.807) is 24.1 Å². The minimum Gasteiger partial charge on any atom is -0.497 e. The summed E-state index contributed by atoms with van der Waals surface area (Å²) in [5, 5.41) is 3.58. The van der Waals surface area contributed by atoms with Crippen LogP contribution in [0, 0.1) is 0 Å². The molecule has 1 N–H and O–H groups in total. The lowest BCUT2D eigenvalue weighted by atomic mass is 10.1. The second-order valence-corrected chi connectivity index (χ2v) is 9.00. The first-order valence-electron chi connectivity index (χ1n) is 10.4. The van der Waals surface area contributed by atoms with Crippen LogP contribution in [0.5, 0.6) is 5.75 Å². The quantitative estimate of drug-likeness (QED) is 0.515. The molecule has 2 amide bonds. The van der Waals surface area contributed by atoms with Crippen molar-refractivity contribution in [2.75, 3.05) is 12.9 Å². The highest BCUT2D eigenvalue weighted by molar-refractivity contribution is 7.99. The highest BCUT2D eigenvalue weighted by Gasteiger charge is 2.28. The van der Waals surface area contributed by atoms with E-state index in [1.807, 2.05) is 57.2 Å². The van der Waals surface area contributed by atoms with Crippen LogP contribution in [0.4, 0.5) is 0 Å². The van der Waals surface area contributed by atoms with Gasteiger partial charge < -0.3 is 15.0 Å². The molecule has 0 aliphatic carbocycles. The Labute approximate surface area is 194 Å². The molecule has 0 saturated heterocycles. The molecule has 0 aromatic heterocycles. The van der Waals surface area contributed by atoms with Crippen molar-refractivity contribution in [3.63, 3.8) is 0 Å². The number of thioether (sulfide) groups is 1. The third-order valence-electron chi connectivity index (χ3n) is 4.74. The summed E-state index contributed by atoms with van der Waals surface area (Å²) in [5.41, 5.74) is 2.06. The van der Waals surface area contributed by atoms with Gasteiger partial charge >= 0.3 is 0 Å². The second kappa shape index (κ2) is 12.6. The Morgan fingerprint density at radius 3 is 2.23 bits per heavy atom. The fourth-order valence-electron chi connectivity index (χ4n) is 3.15. The van der Waals surface area contributed by atoms with Crippen molar-refractivity contribution in [3.8, 4) is 5.75 Å². The van der Waals surface area contributed by atoms with E-state index in [-0.39, 0.29) is 17.9 Å². The van der Waals surface area contributed by atoms with Crippen LogP contribution in [0.25, 0.3) is 0 Å². The maximum atomic E-state index is 13.2. The van der Waals surface area contributed by atoms with Crippen LogP contribution in [0.2, 0.25) is 5.02 Å². The van der Waals surface area contributed by atoms with Gasteiger partial charge in [0.2, 0.25) is 11.8 Å². The topological polar surface area (TPSA) is 58.6 Å². The zero-order valence-corrected chi connectivity index (χ0v) is 20.1. The van der Waals surface area contributed by atoms with Gasteiger partial charge in [0.25, 0.3) is 0 Å². The van der Waals surface area contributed by atoms with Crippen molar-refractivity contribution in [3.05, 3.63) is 64.7 Å². The summed E-state index contributed by atoms with van der Waals surface area (Å²) in [5.74, 6) is 1.63. The number of nitrogens with one attached hydrogen (secondary N) is 1. The molecule has 31 heavy (non-hydrogen) atoms. The van der Waals surface area contributed by atoms with E-state index < -0.39 is 6.04 Å². The Hall–Kier alpha value is -2.18. The predicted molar refractivity (Wildman–Crippen MR) is 129 cm³/mol. The fraction of sp³-hybridized carbons (Fsp3) is 0.417. The number of carbonyl (C=O) groups excluding carboxylic acids is 2. The zero-order chi connectivity index (χ0) is 22.8. The average molecular weight is 463 g/mol. The molecule has 0 bridgehead atoms. The number of benzene rings is 2. The van der Waals surface area contributed by atoms with Crippen LogP contribution in [-0.2, 0) is 21.9 Å². The van der Waals surface area contributed by atoms with E-state index in [2.05, 4.69) is 5.32 Å². The molecule has 5 nitrogen and oxygen atoms in total. The number of nitrogens with zero attached hydrogens (tertiary/aromatic N) is 1. The fourth-order valence-corrected chi connectivity index (χ4v) is 4.14. The summed E-state index contributed by atoms with van der Waals surface area (Å²) in [6, 6.07) is 14.7. The molecule has 2 aromatic carbocycles. The summed E-state index contributed by atoms with van der Waals surface area (Å²) < 4.78 is 5.18. The maximum absolute atomic E-state index is 13.2. The lowest BCUT2D eigenvalue weighted by Gasteiger charge is -2.31. The highest BCUT2D eigenvalue weighted by atomic mass is 35.5. The average Bonchev–Trinajstić information content (AvgIpc) is 2.75. The minimum absolute atomic E-state index is 0.0125. The van der Waals surface area contributed by atoms with Crippen LogP contribution >= 0.6 is 23.4 Å². The van der Waals surface area contributed by atoms with E-state index in [9.17, 15) is 9.59 Å². The maximum Gasteiger partial charge on any atom is 0.243 e. The predicted octanol–water partition coefficient (Wildman–Crippen LogP) is 4.91. The molecule has 0 unspecified atom stereocenters. The molecule has 0 spiro atoms. The van der Waals surface area contributed by atoms with Crippen molar-refractivity contribution in [1.29, 1.82) is 0 Å². The van der Waals surface area contributed by atoms with Crippen molar-refractivity contribution in [1.82, 2.24) is 10.2 Å². The van der Waals surface area contributed by atoms with E-state index in [0.29, 0.717) is 29.5 Å². The van der Waals surface area contributed by atoms with Crippen LogP contribution in [0.1, 0.15) is 38.3 Å². The molecular formula is C24H31ClN2O3S. The van der Waals surface area contributed by atoms with Crippen molar-refractivity contribution in [2.45, 2.75) is 51.6 Å². The van der Waals surface area contributed by atoms with E-state index in [0.717, 1.165) is 16.9 Å². The molecule has 2 rings (SSSR count). The summed E-state index contributed by atoms with van der Waals surface area (Å²) in [6.45, 7) is 6.13. The van der Waals surface area contributed by atoms with Gasteiger partial charge in [-0.25, -0.2) is 0 Å². The Kier molecular flexibility index (Phi) is 10.2. The zero-order valence-electron chi connectivity index (χ0n) is 18.6. The van der Waals surface area contributed by atoms with E-state index >= 15 is 0 Å². The van der Waals surface area contributed by atoms with Crippen LogP contribution < -0.4 is 10.1 Å². The first kappa shape index (κ1) is 25.1. The SMILES string of the molecule is CC[C@@H](C(=O)NC(C)C)N(Cc1ccc(Cl)cc1)C(=O)CSCc1ccc(OC)cc1. The van der Waals surface area contributed by atoms with Crippen molar-refractivity contribution in [2.24, 2.45) is 0 Å². The smallest absolute Gasteiger partial charge is 0.243 e. The van der Waals surface area contributed by atoms with Gasteiger partial charge in [0.1, 0.15) is 11.8 Å². The molecule has 0 saturated carbocycles. The number of hydrogen-bond acceptors (Lipinski definition) is 4. The minimum atomic E-state index is -0.521. The molecule has 0 fully saturated rings. The Morgan fingerprint density at radius 1 is 1.06 bits per heavy atom. The van der Waals surface area contributed by atoms with Crippen LogP contribution in [-0.4, -0.2) is 41.7 Å². The molecule has 1 atom stereocenters. The summed E-state index contributed by atoms with van der Waals surface area (Å²) in [7, 11) is 1.64. The third-order valence-corrected chi connectivity index (χ3v) is 5.98. The van der Waals surface area contributed by atoms with Gasteiger partial charge in [0, 0.05) is 23.4 Å². The summed E-state index contributed by atoms with van der Waals surface area (Å²) >= 11 is 7.54. The van der Waals surface area contributed by atoms with Crippen molar-refractivity contribution >= 4 is 35.2 Å². The molecule has 7 heteroatoms. The van der Waals surface area contributed by atoms with E-state index in [4.69, 9.17) is 16.3 Å². The number of rotatable bonds is 11. The number of methoxy groups -OCH3 is 1. The third kappa shape index (κ3) is 8.11. The lowest BCUT2D eigenvalue weighted by molar-refractivity contribution is -0.139. The van der Waals surface area contributed by atoms with Gasteiger partial charge in [-0.05, 0) is 55.7 Å². The Morgan fingerprint density at radius 2 is 1.68 bits per heavy atom. The molecule has 0 heterocycles. The standard InChI is InChI=1S/C24H31ClN2O3S/c1-5-22(24(29)26-17(2)3)27(14-18-6-10-20(25)11-7-18)23(28)16-31-15-19-8-12-21(30-4)13-9-19/h6-13,17,22H,5,14-16H2,1-4H3,(H,26,29)/t22-/m0/s1. The number of carbonyl (C=O) groups is 2. The summed E-state index contributed by atoms with van der Waals surface area (Å²) in [6.07, 6.45) is 0.543. The number of halogens is 1. The largest absolute Gasteiger partial charge is 0.497 e. The van der Waals surface area contributed by atoms with Gasteiger partial charge in [-0.15, -0.1) is 11.8 Å². The molecule has 0 aliphatic heterocycles. The lowest BCUT2D eigenvalue weighted by Crippen LogP contribution is -2.50. The van der Waals surface area contributed by atoms with Crippen LogP contribution in [0.15, 0.2) is 48.5 Å². The van der Waals surface area contributed by atoms with Gasteiger partial charge in [0.05, 0.1) is 12.9 Å². The Balaban J connectivity index is 2.09. The number of ether oxygens (including phenoxy) is 1. The Bertz CT molecular complexity index is 841. The first-order valence-corrected chi connectivity index (χ1v) is 11.9. The van der Waals surface area contributed by atoms with Gasteiger partial charge in [-0.2, -0.15) is 0 Å². The van der Waals surface area contributed by atoms with Crippen molar-refractivity contribution < 1.29 is 14.3 Å². The first-order chi connectivity index (χ1) is 14.8. The highest BCUT2D eigenvalue weighted by Crippen LogP contribution is 2.20. The van der Waals surface area contributed by atoms with Crippen LogP contribution in [0.3, 0.4) is 0 Å². The molecule has 2 aromatic rings. The number of amides is 2. The van der Waals surface area contributed by atoms with Gasteiger partial charge in [-0.1, -0.05) is 42.8 Å². The molecule has 0 radical (unpaired) electrons. The van der Waals surface area contributed by atoms with E-state index in [1.165, 1.54) is 11.8 Å². The van der Waals surface area contributed by atoms with Gasteiger partial charge in [-0.3, -0.25) is 9.59 Å². The summed E-state index contributed by atoms with van der Waals surface area (Å²) in [4.78, 5) is 27.6.